The first-order chi connectivity index (χ1) is 15.3. The molecule has 0 aliphatic carbocycles. The first-order valence-electron chi connectivity index (χ1n) is 10.0. The van der Waals surface area contributed by atoms with Crippen LogP contribution in [0.3, 0.4) is 0 Å². The first-order valence-corrected chi connectivity index (χ1v) is 11.6. The lowest BCUT2D eigenvalue weighted by molar-refractivity contribution is 0.294. The lowest BCUT2D eigenvalue weighted by atomic mass is 9.78. The predicted molar refractivity (Wildman–Crippen MR) is 132 cm³/mol. The molecule has 162 valence electrons. The van der Waals surface area contributed by atoms with Crippen molar-refractivity contribution in [3.05, 3.63) is 98.8 Å². The summed E-state index contributed by atoms with van der Waals surface area (Å²) in [6, 6.07) is 22.1. The lowest BCUT2D eigenvalue weighted by Gasteiger charge is -2.26. The molecule has 32 heavy (non-hydrogen) atoms. The maximum absolute atomic E-state index is 9.86. The third kappa shape index (κ3) is 4.84. The normalized spacial score (nSPS) is 11.4. The highest BCUT2D eigenvalue weighted by atomic mass is 79.9. The van der Waals surface area contributed by atoms with E-state index in [-0.39, 0.29) is 17.8 Å². The minimum Gasteiger partial charge on any atom is -0.506 e. The number of halogens is 2. The fourth-order valence-electron chi connectivity index (χ4n) is 3.35. The molecule has 1 N–H and O–H groups in total. The molecule has 0 aliphatic rings. The molecule has 1 aromatic heterocycles. The molecule has 4 aromatic rings. The van der Waals surface area contributed by atoms with Crippen LogP contribution >= 0.6 is 31.9 Å². The molecular formula is C25H21Br2N3O2. The van der Waals surface area contributed by atoms with Crippen molar-refractivity contribution in [3.63, 3.8) is 0 Å². The Bertz CT molecular complexity index is 1190. The van der Waals surface area contributed by atoms with Gasteiger partial charge in [0.05, 0.1) is 15.1 Å². The fraction of sp³-hybridized carbons (Fsp3) is 0.160. The average Bonchev–Trinajstić information content (AvgIpc) is 2.82. The number of aromatic hydroxyl groups is 1. The third-order valence-electron chi connectivity index (χ3n) is 5.36. The minimum atomic E-state index is -0.0964. The van der Waals surface area contributed by atoms with Crippen LogP contribution in [0.25, 0.3) is 11.3 Å². The van der Waals surface area contributed by atoms with Crippen molar-refractivity contribution >= 4 is 31.9 Å². The molecule has 5 nitrogen and oxygen atoms in total. The topological polar surface area (TPSA) is 68.1 Å². The number of phenols is 1. The zero-order chi connectivity index (χ0) is 22.7. The van der Waals surface area contributed by atoms with Crippen LogP contribution in [0.5, 0.6) is 11.5 Å². The first kappa shape index (κ1) is 22.4. The molecule has 3 aromatic carbocycles. The Morgan fingerprint density at radius 1 is 0.875 bits per heavy atom. The highest BCUT2D eigenvalue weighted by Gasteiger charge is 2.22. The summed E-state index contributed by atoms with van der Waals surface area (Å²) in [5, 5.41) is 18.3. The average molecular weight is 555 g/mol. The number of hydrogen-bond acceptors (Lipinski definition) is 5. The van der Waals surface area contributed by atoms with Gasteiger partial charge < -0.3 is 9.84 Å². The van der Waals surface area contributed by atoms with Crippen LogP contribution in [0.1, 0.15) is 30.8 Å². The maximum atomic E-state index is 9.86. The summed E-state index contributed by atoms with van der Waals surface area (Å²) in [6.45, 7) is 4.65. The molecule has 0 saturated heterocycles. The Kier molecular flexibility index (Phi) is 6.58. The molecule has 0 atom stereocenters. The van der Waals surface area contributed by atoms with Gasteiger partial charge in [-0.05, 0) is 67.3 Å². The Morgan fingerprint density at radius 3 is 2.09 bits per heavy atom. The van der Waals surface area contributed by atoms with E-state index in [2.05, 4.69) is 97.3 Å². The second kappa shape index (κ2) is 9.38. The Balaban J connectivity index is 1.42. The van der Waals surface area contributed by atoms with Gasteiger partial charge in [0.15, 0.2) is 5.82 Å². The second-order valence-corrected chi connectivity index (χ2v) is 9.56. The van der Waals surface area contributed by atoms with E-state index in [4.69, 9.17) is 4.74 Å². The third-order valence-corrected chi connectivity index (χ3v) is 6.57. The summed E-state index contributed by atoms with van der Waals surface area (Å²) in [6.07, 6.45) is 1.64. The van der Waals surface area contributed by atoms with Gasteiger partial charge in [-0.25, -0.2) is 4.98 Å². The van der Waals surface area contributed by atoms with Gasteiger partial charge in [-0.2, -0.15) is 0 Å². The van der Waals surface area contributed by atoms with Crippen LogP contribution in [-0.4, -0.2) is 20.3 Å². The van der Waals surface area contributed by atoms with Gasteiger partial charge >= 0.3 is 0 Å². The van der Waals surface area contributed by atoms with Gasteiger partial charge in [-0.3, -0.25) is 0 Å². The van der Waals surface area contributed by atoms with Crippen LogP contribution in [0.15, 0.2) is 81.9 Å². The quantitative estimate of drug-likeness (QED) is 0.288. The minimum absolute atomic E-state index is 0.0964. The van der Waals surface area contributed by atoms with Gasteiger partial charge in [-0.15, -0.1) is 10.2 Å². The number of hydrogen-bond donors (Lipinski definition) is 1. The number of aromatic nitrogens is 3. The Hall–Kier alpha value is -2.77. The highest BCUT2D eigenvalue weighted by molar-refractivity contribution is 9.11. The molecule has 1 heterocycles. The fourth-order valence-corrected chi connectivity index (χ4v) is 4.53. The molecule has 0 fully saturated rings. The molecule has 0 saturated carbocycles. The van der Waals surface area contributed by atoms with Gasteiger partial charge in [0.25, 0.3) is 0 Å². The summed E-state index contributed by atoms with van der Waals surface area (Å²) in [5.74, 6) is 1.37. The Morgan fingerprint density at radius 2 is 1.50 bits per heavy atom. The van der Waals surface area contributed by atoms with Crippen molar-refractivity contribution in [2.45, 2.75) is 25.9 Å². The number of phenolic OH excluding ortho intramolecular Hbond substituents is 1. The van der Waals surface area contributed by atoms with E-state index < -0.39 is 0 Å². The smallest absolute Gasteiger partial charge is 0.188 e. The summed E-state index contributed by atoms with van der Waals surface area (Å²) in [5.41, 5.74) is 3.76. The van der Waals surface area contributed by atoms with Gasteiger partial charge in [0, 0.05) is 11.0 Å². The van der Waals surface area contributed by atoms with Crippen molar-refractivity contribution < 1.29 is 9.84 Å². The number of benzene rings is 3. The molecule has 0 spiro atoms. The highest BCUT2D eigenvalue weighted by Crippen LogP contribution is 2.36. The van der Waals surface area contributed by atoms with E-state index in [1.807, 2.05) is 18.2 Å². The van der Waals surface area contributed by atoms with E-state index in [1.54, 1.807) is 18.3 Å². The van der Waals surface area contributed by atoms with E-state index in [0.29, 0.717) is 20.5 Å². The lowest BCUT2D eigenvalue weighted by Crippen LogP contribution is -2.18. The number of nitrogens with zero attached hydrogens (tertiary/aromatic N) is 3. The molecule has 0 radical (unpaired) electrons. The molecule has 0 unspecified atom stereocenters. The van der Waals surface area contributed by atoms with Crippen LogP contribution in [-0.2, 0) is 12.0 Å². The molecule has 7 heteroatoms. The number of rotatable bonds is 6. The maximum Gasteiger partial charge on any atom is 0.188 e. The SMILES string of the molecule is CC(C)(c1ccccc1)c1ccc(OCc2ncc(-c3cc(Br)c(O)c(Br)c3)nn2)cc1. The van der Waals surface area contributed by atoms with E-state index in [1.165, 1.54) is 11.1 Å². The number of ether oxygens (including phenoxy) is 1. The molecule has 0 aliphatic heterocycles. The van der Waals surface area contributed by atoms with Gasteiger partial charge in [0.2, 0.25) is 0 Å². The molecular weight excluding hydrogens is 534 g/mol. The van der Waals surface area contributed by atoms with Crippen molar-refractivity contribution in [1.82, 2.24) is 15.2 Å². The van der Waals surface area contributed by atoms with E-state index in [0.717, 1.165) is 11.3 Å². The largest absolute Gasteiger partial charge is 0.506 e. The summed E-state index contributed by atoms with van der Waals surface area (Å²) in [7, 11) is 0. The zero-order valence-electron chi connectivity index (χ0n) is 17.6. The molecule has 4 rings (SSSR count). The second-order valence-electron chi connectivity index (χ2n) is 7.85. The van der Waals surface area contributed by atoms with Crippen molar-refractivity contribution in [2.24, 2.45) is 0 Å². The zero-order valence-corrected chi connectivity index (χ0v) is 20.8. The summed E-state index contributed by atoms with van der Waals surface area (Å²) in [4.78, 5) is 4.36. The standard InChI is InChI=1S/C25H21Br2N3O2/c1-25(2,17-6-4-3-5-7-17)18-8-10-19(11-9-18)32-15-23-28-14-22(29-30-23)16-12-20(26)24(31)21(27)13-16/h3-14,31H,15H2,1-2H3. The molecule has 0 bridgehead atoms. The van der Waals surface area contributed by atoms with Crippen LogP contribution in [0.4, 0.5) is 0 Å². The van der Waals surface area contributed by atoms with E-state index >= 15 is 0 Å². The van der Waals surface area contributed by atoms with Crippen molar-refractivity contribution in [3.8, 4) is 22.8 Å². The van der Waals surface area contributed by atoms with Crippen LogP contribution < -0.4 is 4.74 Å². The summed E-state index contributed by atoms with van der Waals surface area (Å²) >= 11 is 6.64. The van der Waals surface area contributed by atoms with Crippen LogP contribution in [0.2, 0.25) is 0 Å². The van der Waals surface area contributed by atoms with E-state index in [9.17, 15) is 5.11 Å². The predicted octanol–water partition coefficient (Wildman–Crippen LogP) is 6.67. The van der Waals surface area contributed by atoms with Crippen molar-refractivity contribution in [1.29, 1.82) is 0 Å². The van der Waals surface area contributed by atoms with Crippen molar-refractivity contribution in [2.75, 3.05) is 0 Å². The Labute approximate surface area is 203 Å². The van der Waals surface area contributed by atoms with Gasteiger partial charge in [0.1, 0.15) is 23.8 Å². The van der Waals surface area contributed by atoms with Crippen LogP contribution in [0, 0.1) is 0 Å². The van der Waals surface area contributed by atoms with Gasteiger partial charge in [-0.1, -0.05) is 56.3 Å². The monoisotopic (exact) mass is 553 g/mol. The summed E-state index contributed by atoms with van der Waals surface area (Å²) < 4.78 is 6.98. The molecule has 0 amide bonds.